The number of carbonyl (C=O) groups is 2. The lowest BCUT2D eigenvalue weighted by Gasteiger charge is -2.33. The highest BCUT2D eigenvalue weighted by atomic mass is 16.7. The van der Waals surface area contributed by atoms with Gasteiger partial charge < -0.3 is 23.7 Å². The standard InChI is InChI=1S/C33H37NO7/c1-4-9-27(32(35)39-20-22-10-7-6-8-11-22)34-19-26(24-14-17-28-29(18-24)41-21-40-28)30(33(36)38-5-2)31(34)23-12-15-25(37-3)16-13-23/h6-8,10-18,26-27,30-31H,4-5,9,19-21H2,1-3H3/t26-,27-,30+,31-/m1/s1. The third kappa shape index (κ3) is 6.17. The molecule has 216 valence electrons. The molecular weight excluding hydrogens is 522 g/mol. The maximum Gasteiger partial charge on any atom is 0.323 e. The molecule has 1 saturated heterocycles. The van der Waals surface area contributed by atoms with Crippen LogP contribution in [-0.2, 0) is 25.7 Å². The molecule has 0 radical (unpaired) electrons. The van der Waals surface area contributed by atoms with E-state index in [1.165, 1.54) is 0 Å². The molecule has 0 amide bonds. The van der Waals surface area contributed by atoms with Gasteiger partial charge in [0.15, 0.2) is 11.5 Å². The van der Waals surface area contributed by atoms with E-state index in [0.717, 1.165) is 23.1 Å². The average Bonchev–Trinajstić information content (AvgIpc) is 3.64. The van der Waals surface area contributed by atoms with Gasteiger partial charge in [-0.3, -0.25) is 14.5 Å². The normalized spacial score (nSPS) is 20.4. The Labute approximate surface area is 241 Å². The predicted molar refractivity (Wildman–Crippen MR) is 153 cm³/mol. The summed E-state index contributed by atoms with van der Waals surface area (Å²) in [4.78, 5) is 29.6. The molecule has 5 rings (SSSR count). The molecule has 0 bridgehead atoms. The number of fused-ring (bicyclic) bond motifs is 1. The van der Waals surface area contributed by atoms with E-state index >= 15 is 0 Å². The Kier molecular flexibility index (Phi) is 9.09. The molecule has 0 saturated carbocycles. The molecular formula is C33H37NO7. The van der Waals surface area contributed by atoms with Crippen molar-refractivity contribution < 1.29 is 33.3 Å². The Morgan fingerprint density at radius 2 is 1.66 bits per heavy atom. The minimum absolute atomic E-state index is 0.164. The molecule has 4 atom stereocenters. The van der Waals surface area contributed by atoms with Gasteiger partial charge in [0.1, 0.15) is 18.4 Å². The maximum absolute atomic E-state index is 13.7. The molecule has 1 fully saturated rings. The van der Waals surface area contributed by atoms with Gasteiger partial charge in [-0.1, -0.05) is 61.9 Å². The molecule has 2 heterocycles. The van der Waals surface area contributed by atoms with Crippen LogP contribution in [0.25, 0.3) is 0 Å². The molecule has 41 heavy (non-hydrogen) atoms. The van der Waals surface area contributed by atoms with Crippen molar-refractivity contribution in [1.82, 2.24) is 4.90 Å². The highest BCUT2D eigenvalue weighted by molar-refractivity contribution is 5.78. The molecule has 2 aliphatic rings. The minimum atomic E-state index is -0.565. The van der Waals surface area contributed by atoms with E-state index in [-0.39, 0.29) is 37.9 Å². The van der Waals surface area contributed by atoms with Crippen LogP contribution < -0.4 is 14.2 Å². The van der Waals surface area contributed by atoms with Crippen LogP contribution in [0.5, 0.6) is 17.2 Å². The Balaban J connectivity index is 1.54. The number of benzene rings is 3. The SMILES string of the molecule is CCC[C@H](C(=O)OCc1ccccc1)N1C[C@H](c2ccc3c(c2)OCO3)[C@H](C(=O)OCC)[C@H]1c1ccc(OC)cc1. The third-order valence-electron chi connectivity index (χ3n) is 7.84. The van der Waals surface area contributed by atoms with Gasteiger partial charge in [-0.25, -0.2) is 0 Å². The molecule has 0 aromatic heterocycles. The Morgan fingerprint density at radius 3 is 2.37 bits per heavy atom. The first-order chi connectivity index (χ1) is 20.0. The van der Waals surface area contributed by atoms with Gasteiger partial charge in [0.25, 0.3) is 0 Å². The second-order valence-corrected chi connectivity index (χ2v) is 10.3. The Bertz CT molecular complexity index is 1330. The number of methoxy groups -OCH3 is 1. The van der Waals surface area contributed by atoms with Crippen LogP contribution in [0.4, 0.5) is 0 Å². The highest BCUT2D eigenvalue weighted by Crippen LogP contribution is 2.49. The van der Waals surface area contributed by atoms with Crippen molar-refractivity contribution in [2.45, 2.75) is 51.3 Å². The van der Waals surface area contributed by atoms with Gasteiger partial charge in [0.05, 0.1) is 19.6 Å². The van der Waals surface area contributed by atoms with Crippen molar-refractivity contribution in [1.29, 1.82) is 0 Å². The number of rotatable bonds is 11. The van der Waals surface area contributed by atoms with Crippen LogP contribution in [0.2, 0.25) is 0 Å². The molecule has 8 heteroatoms. The number of nitrogens with zero attached hydrogens (tertiary/aromatic N) is 1. The first kappa shape index (κ1) is 28.5. The van der Waals surface area contributed by atoms with Crippen LogP contribution >= 0.6 is 0 Å². The lowest BCUT2D eigenvalue weighted by molar-refractivity contribution is -0.155. The molecule has 0 aliphatic carbocycles. The van der Waals surface area contributed by atoms with Crippen LogP contribution in [0.15, 0.2) is 72.8 Å². The van der Waals surface area contributed by atoms with Gasteiger partial charge in [-0.2, -0.15) is 0 Å². The summed E-state index contributed by atoms with van der Waals surface area (Å²) >= 11 is 0. The lowest BCUT2D eigenvalue weighted by atomic mass is 9.82. The first-order valence-corrected chi connectivity index (χ1v) is 14.2. The quantitative estimate of drug-likeness (QED) is 0.279. The summed E-state index contributed by atoms with van der Waals surface area (Å²) in [6, 6.07) is 22.2. The molecule has 0 unspecified atom stereocenters. The van der Waals surface area contributed by atoms with Gasteiger partial charge in [-0.15, -0.1) is 0 Å². The third-order valence-corrected chi connectivity index (χ3v) is 7.84. The fourth-order valence-electron chi connectivity index (χ4n) is 5.91. The lowest BCUT2D eigenvalue weighted by Crippen LogP contribution is -2.43. The minimum Gasteiger partial charge on any atom is -0.497 e. The number of ether oxygens (including phenoxy) is 5. The maximum atomic E-state index is 13.7. The smallest absolute Gasteiger partial charge is 0.323 e. The largest absolute Gasteiger partial charge is 0.497 e. The second kappa shape index (κ2) is 13.1. The first-order valence-electron chi connectivity index (χ1n) is 14.2. The van der Waals surface area contributed by atoms with Crippen molar-refractivity contribution in [2.24, 2.45) is 5.92 Å². The van der Waals surface area contributed by atoms with E-state index in [1.807, 2.05) is 86.6 Å². The monoisotopic (exact) mass is 559 g/mol. The fraction of sp³-hybridized carbons (Fsp3) is 0.394. The zero-order valence-corrected chi connectivity index (χ0v) is 23.8. The number of carbonyl (C=O) groups excluding carboxylic acids is 2. The number of hydrogen-bond acceptors (Lipinski definition) is 8. The summed E-state index contributed by atoms with van der Waals surface area (Å²) in [6.45, 7) is 4.93. The van der Waals surface area contributed by atoms with Crippen LogP contribution in [0.1, 0.15) is 55.3 Å². The van der Waals surface area contributed by atoms with Crippen molar-refractivity contribution >= 4 is 11.9 Å². The van der Waals surface area contributed by atoms with E-state index in [2.05, 4.69) is 4.90 Å². The van der Waals surface area contributed by atoms with Crippen molar-refractivity contribution in [2.75, 3.05) is 27.1 Å². The molecule has 2 aliphatic heterocycles. The Morgan fingerprint density at radius 1 is 0.927 bits per heavy atom. The van der Waals surface area contributed by atoms with Gasteiger partial charge in [0, 0.05) is 18.5 Å². The highest BCUT2D eigenvalue weighted by Gasteiger charge is 2.51. The van der Waals surface area contributed by atoms with E-state index in [0.29, 0.717) is 30.2 Å². The zero-order valence-electron chi connectivity index (χ0n) is 23.8. The molecule has 8 nitrogen and oxygen atoms in total. The van der Waals surface area contributed by atoms with Crippen molar-refractivity contribution in [3.63, 3.8) is 0 Å². The molecule has 3 aromatic rings. The van der Waals surface area contributed by atoms with Crippen LogP contribution in [-0.4, -0.2) is 49.9 Å². The summed E-state index contributed by atoms with van der Waals surface area (Å²) in [6.07, 6.45) is 1.36. The molecule has 3 aromatic carbocycles. The molecule has 0 N–H and O–H groups in total. The summed E-state index contributed by atoms with van der Waals surface area (Å²) in [7, 11) is 1.62. The fourth-order valence-corrected chi connectivity index (χ4v) is 5.91. The van der Waals surface area contributed by atoms with Gasteiger partial charge >= 0.3 is 11.9 Å². The molecule has 0 spiro atoms. The van der Waals surface area contributed by atoms with E-state index in [4.69, 9.17) is 23.7 Å². The zero-order chi connectivity index (χ0) is 28.8. The van der Waals surface area contributed by atoms with Crippen LogP contribution in [0, 0.1) is 5.92 Å². The van der Waals surface area contributed by atoms with E-state index in [1.54, 1.807) is 7.11 Å². The van der Waals surface area contributed by atoms with Crippen molar-refractivity contribution in [3.05, 3.63) is 89.5 Å². The number of hydrogen-bond donors (Lipinski definition) is 0. The summed E-state index contributed by atoms with van der Waals surface area (Å²) in [5.74, 6) is 0.621. The van der Waals surface area contributed by atoms with Crippen molar-refractivity contribution in [3.8, 4) is 17.2 Å². The second-order valence-electron chi connectivity index (χ2n) is 10.3. The average molecular weight is 560 g/mol. The van der Waals surface area contributed by atoms with E-state index in [9.17, 15) is 9.59 Å². The summed E-state index contributed by atoms with van der Waals surface area (Å²) in [5.41, 5.74) is 2.76. The Hall–Kier alpha value is -4.04. The van der Waals surface area contributed by atoms with E-state index < -0.39 is 18.0 Å². The number of esters is 2. The summed E-state index contributed by atoms with van der Waals surface area (Å²) in [5, 5.41) is 0. The van der Waals surface area contributed by atoms with Gasteiger partial charge in [-0.05, 0) is 54.3 Å². The number of likely N-dealkylation sites (tertiary alicyclic amines) is 1. The van der Waals surface area contributed by atoms with Crippen LogP contribution in [0.3, 0.4) is 0 Å². The predicted octanol–water partition coefficient (Wildman–Crippen LogP) is 5.66. The van der Waals surface area contributed by atoms with Gasteiger partial charge in [0.2, 0.25) is 6.79 Å². The summed E-state index contributed by atoms with van der Waals surface area (Å²) < 4.78 is 28.1. The topological polar surface area (TPSA) is 83.5 Å².